The molecule has 4 saturated carbocycles. The van der Waals surface area contributed by atoms with E-state index < -0.39 is 0 Å². The van der Waals surface area contributed by atoms with E-state index in [-0.39, 0.29) is 5.41 Å². The van der Waals surface area contributed by atoms with Gasteiger partial charge in [0.25, 0.3) is 0 Å². The van der Waals surface area contributed by atoms with Gasteiger partial charge >= 0.3 is 0 Å². The van der Waals surface area contributed by atoms with Gasteiger partial charge in [-0.2, -0.15) is 0 Å². The van der Waals surface area contributed by atoms with Gasteiger partial charge in [-0.1, -0.05) is 97.1 Å². The van der Waals surface area contributed by atoms with Gasteiger partial charge in [0, 0.05) is 39.3 Å². The second-order valence-corrected chi connectivity index (χ2v) is 15.7. The molecule has 4 fully saturated rings. The van der Waals surface area contributed by atoms with Gasteiger partial charge in [0.15, 0.2) is 0 Å². The lowest BCUT2D eigenvalue weighted by molar-refractivity contribution is 0.191. The maximum atomic E-state index is 6.37. The Hall–Kier alpha value is -5.60. The van der Waals surface area contributed by atoms with E-state index in [1.807, 2.05) is 6.07 Å². The van der Waals surface area contributed by atoms with Crippen molar-refractivity contribution in [2.75, 3.05) is 4.90 Å². The molecule has 0 N–H and O–H groups in total. The zero-order valence-corrected chi connectivity index (χ0v) is 28.4. The molecule has 51 heavy (non-hydrogen) atoms. The van der Waals surface area contributed by atoms with Crippen LogP contribution in [0.15, 0.2) is 156 Å². The Bertz CT molecular complexity index is 2700. The van der Waals surface area contributed by atoms with Crippen LogP contribution in [-0.4, -0.2) is 0 Å². The van der Waals surface area contributed by atoms with Crippen LogP contribution < -0.4 is 4.90 Å². The Balaban J connectivity index is 0.976. The molecule has 5 aliphatic rings. The smallest absolute Gasteiger partial charge is 0.137 e. The third kappa shape index (κ3) is 3.83. The van der Waals surface area contributed by atoms with Crippen LogP contribution >= 0.6 is 0 Å². The van der Waals surface area contributed by atoms with Crippen LogP contribution in [0.25, 0.3) is 55.0 Å². The van der Waals surface area contributed by atoms with Crippen molar-refractivity contribution in [1.82, 2.24) is 0 Å². The molecule has 0 saturated heterocycles. The minimum absolute atomic E-state index is 0.196. The standard InChI is InChI=1S/C49H37NO/c1-2-8-33-27-38(19-15-31(33)7-1)50(39-20-22-43-42-10-4-6-12-47(42)51-48(43)29-39)37-17-13-32(14-18-37)34-16-21-41-40-9-3-5-11-44(40)49(46(41)28-34)36-24-30-23-35(26-36)45(49)25-30/h1-22,27-30,35-36,45H,23-26H2. The van der Waals surface area contributed by atoms with Crippen LogP contribution in [0.3, 0.4) is 0 Å². The first-order valence-electron chi connectivity index (χ1n) is 18.8. The molecule has 13 rings (SSSR count). The normalized spacial score (nSPS) is 23.8. The van der Waals surface area contributed by atoms with E-state index >= 15 is 0 Å². The number of hydrogen-bond donors (Lipinski definition) is 0. The van der Waals surface area contributed by atoms with Gasteiger partial charge in [-0.25, -0.2) is 0 Å². The Labute approximate surface area is 298 Å². The number of rotatable bonds is 4. The van der Waals surface area contributed by atoms with Crippen molar-refractivity contribution in [3.05, 3.63) is 163 Å². The molecule has 0 aliphatic heterocycles. The molecule has 7 aromatic carbocycles. The van der Waals surface area contributed by atoms with Crippen LogP contribution in [0.4, 0.5) is 17.1 Å². The molecule has 8 aromatic rings. The summed E-state index contributed by atoms with van der Waals surface area (Å²) in [5.41, 5.74) is 14.1. The predicted octanol–water partition coefficient (Wildman–Crippen LogP) is 13.2. The lowest BCUT2D eigenvalue weighted by Gasteiger charge is -2.44. The van der Waals surface area contributed by atoms with Crippen molar-refractivity contribution < 1.29 is 4.42 Å². The molecule has 5 atom stereocenters. The number of fused-ring (bicyclic) bond motifs is 7. The Morgan fingerprint density at radius 3 is 2.14 bits per heavy atom. The summed E-state index contributed by atoms with van der Waals surface area (Å²) in [5, 5.41) is 4.76. The molecule has 244 valence electrons. The zero-order chi connectivity index (χ0) is 33.3. The van der Waals surface area contributed by atoms with E-state index in [0.29, 0.717) is 0 Å². The first kappa shape index (κ1) is 28.1. The first-order valence-corrected chi connectivity index (χ1v) is 18.8. The van der Waals surface area contributed by atoms with Gasteiger partial charge in [-0.3, -0.25) is 0 Å². The molecular weight excluding hydrogens is 619 g/mol. The summed E-state index contributed by atoms with van der Waals surface area (Å²) in [6, 6.07) is 56.3. The van der Waals surface area contributed by atoms with Crippen molar-refractivity contribution >= 4 is 49.8 Å². The van der Waals surface area contributed by atoms with Crippen LogP contribution in [0.2, 0.25) is 0 Å². The Morgan fingerprint density at radius 2 is 1.22 bits per heavy atom. The second-order valence-electron chi connectivity index (χ2n) is 15.7. The van der Waals surface area contributed by atoms with Crippen LogP contribution in [-0.2, 0) is 5.41 Å². The number of furan rings is 1. The van der Waals surface area contributed by atoms with E-state index in [1.165, 1.54) is 58.7 Å². The monoisotopic (exact) mass is 655 g/mol. The number of anilines is 3. The summed E-state index contributed by atoms with van der Waals surface area (Å²) in [6.45, 7) is 0. The fraction of sp³-hybridized carbons (Fsp3) is 0.184. The minimum atomic E-state index is 0.196. The average Bonchev–Trinajstić information content (AvgIpc) is 3.86. The highest BCUT2D eigenvalue weighted by Crippen LogP contribution is 2.73. The highest BCUT2D eigenvalue weighted by atomic mass is 16.3. The molecular formula is C49H37NO. The number of para-hydroxylation sites is 1. The topological polar surface area (TPSA) is 16.4 Å². The first-order chi connectivity index (χ1) is 25.2. The molecule has 4 bridgehead atoms. The van der Waals surface area contributed by atoms with E-state index in [2.05, 4.69) is 150 Å². The van der Waals surface area contributed by atoms with Crippen molar-refractivity contribution in [3.8, 4) is 22.3 Å². The fourth-order valence-electron chi connectivity index (χ4n) is 11.6. The van der Waals surface area contributed by atoms with Gasteiger partial charge in [-0.05, 0) is 142 Å². The van der Waals surface area contributed by atoms with Crippen LogP contribution in [0.1, 0.15) is 36.8 Å². The Kier molecular flexibility index (Phi) is 5.65. The summed E-state index contributed by atoms with van der Waals surface area (Å²) in [7, 11) is 0. The Morgan fingerprint density at radius 1 is 0.490 bits per heavy atom. The van der Waals surface area contributed by atoms with E-state index in [4.69, 9.17) is 4.42 Å². The van der Waals surface area contributed by atoms with Gasteiger partial charge in [0.1, 0.15) is 11.2 Å². The number of benzene rings is 7. The highest BCUT2D eigenvalue weighted by Gasteiger charge is 2.65. The SMILES string of the molecule is c1ccc2c(c1)-c1ccc(-c3ccc(N(c4ccc5ccccc5c4)c4ccc5c(c4)oc4ccccc45)cc3)cc1C21C2CC3CC(C2)C1C3. The molecule has 1 heterocycles. The summed E-state index contributed by atoms with van der Waals surface area (Å²) < 4.78 is 6.37. The van der Waals surface area contributed by atoms with Crippen molar-refractivity contribution in [2.24, 2.45) is 23.7 Å². The van der Waals surface area contributed by atoms with Gasteiger partial charge in [0.2, 0.25) is 0 Å². The zero-order valence-electron chi connectivity index (χ0n) is 28.4. The molecule has 5 unspecified atom stereocenters. The summed E-state index contributed by atoms with van der Waals surface area (Å²) in [5.74, 6) is 3.42. The molecule has 1 aromatic heterocycles. The lowest BCUT2D eigenvalue weighted by atomic mass is 9.59. The third-order valence-corrected chi connectivity index (χ3v) is 13.4. The molecule has 2 nitrogen and oxygen atoms in total. The van der Waals surface area contributed by atoms with Gasteiger partial charge in [0.05, 0.1) is 0 Å². The highest BCUT2D eigenvalue weighted by molar-refractivity contribution is 6.06. The van der Waals surface area contributed by atoms with Gasteiger partial charge in [-0.15, -0.1) is 0 Å². The predicted molar refractivity (Wildman–Crippen MR) is 210 cm³/mol. The molecule has 5 aliphatic carbocycles. The molecule has 0 amide bonds. The average molecular weight is 656 g/mol. The quantitative estimate of drug-likeness (QED) is 0.188. The number of hydrogen-bond acceptors (Lipinski definition) is 2. The number of nitrogens with zero attached hydrogens (tertiary/aromatic N) is 1. The van der Waals surface area contributed by atoms with Crippen molar-refractivity contribution in [1.29, 1.82) is 0 Å². The summed E-state index contributed by atoms with van der Waals surface area (Å²) >= 11 is 0. The van der Waals surface area contributed by atoms with E-state index in [9.17, 15) is 0 Å². The lowest BCUT2D eigenvalue weighted by Crippen LogP contribution is -2.40. The second kappa shape index (κ2) is 10.2. The van der Waals surface area contributed by atoms with Crippen LogP contribution in [0, 0.1) is 23.7 Å². The molecule has 2 heteroatoms. The third-order valence-electron chi connectivity index (χ3n) is 13.4. The van der Waals surface area contributed by atoms with E-state index in [0.717, 1.165) is 62.7 Å². The van der Waals surface area contributed by atoms with Crippen molar-refractivity contribution in [3.63, 3.8) is 0 Å². The maximum Gasteiger partial charge on any atom is 0.137 e. The summed E-state index contributed by atoms with van der Waals surface area (Å²) in [4.78, 5) is 2.36. The van der Waals surface area contributed by atoms with Crippen LogP contribution in [0.5, 0.6) is 0 Å². The fourth-order valence-corrected chi connectivity index (χ4v) is 11.6. The minimum Gasteiger partial charge on any atom is -0.456 e. The van der Waals surface area contributed by atoms with Gasteiger partial charge < -0.3 is 9.32 Å². The summed E-state index contributed by atoms with van der Waals surface area (Å²) in [6.07, 6.45) is 5.69. The largest absolute Gasteiger partial charge is 0.456 e. The molecule has 0 radical (unpaired) electrons. The van der Waals surface area contributed by atoms with E-state index in [1.54, 1.807) is 11.1 Å². The van der Waals surface area contributed by atoms with Crippen molar-refractivity contribution in [2.45, 2.75) is 31.1 Å². The maximum absolute atomic E-state index is 6.37. The molecule has 1 spiro atoms.